The third-order valence-corrected chi connectivity index (χ3v) is 7.03. The largest absolute Gasteiger partial charge is 0.507 e. The Hall–Kier alpha value is -2.35. The van der Waals surface area contributed by atoms with Crippen LogP contribution in [0.3, 0.4) is 0 Å². The number of carbonyl (C=O) groups is 2. The van der Waals surface area contributed by atoms with Gasteiger partial charge in [0.2, 0.25) is 0 Å². The van der Waals surface area contributed by atoms with Crippen LogP contribution in [-0.4, -0.2) is 59.9 Å². The van der Waals surface area contributed by atoms with Crippen LogP contribution in [0.1, 0.15) is 35.9 Å². The van der Waals surface area contributed by atoms with Crippen LogP contribution in [0.15, 0.2) is 35.2 Å². The van der Waals surface area contributed by atoms with Crippen molar-refractivity contribution in [1.82, 2.24) is 9.80 Å². The normalized spacial score (nSPS) is 18.3. The van der Waals surface area contributed by atoms with E-state index >= 15 is 0 Å². The van der Waals surface area contributed by atoms with Gasteiger partial charge in [0.15, 0.2) is 0 Å². The monoisotopic (exact) mass is 462 g/mol. The van der Waals surface area contributed by atoms with Gasteiger partial charge in [0.05, 0.1) is 23.7 Å². The van der Waals surface area contributed by atoms with Gasteiger partial charge in [-0.3, -0.25) is 9.59 Å². The van der Waals surface area contributed by atoms with Crippen LogP contribution in [0.5, 0.6) is 5.75 Å². The minimum Gasteiger partial charge on any atom is -0.507 e. The van der Waals surface area contributed by atoms with E-state index in [0.29, 0.717) is 29.4 Å². The van der Waals surface area contributed by atoms with E-state index in [2.05, 4.69) is 18.7 Å². The number of hydrogen-bond acceptors (Lipinski definition) is 6. The number of aliphatic hydroxyl groups is 1. The maximum Gasteiger partial charge on any atom is 0.295 e. The average molecular weight is 463 g/mol. The molecule has 31 heavy (non-hydrogen) atoms. The molecule has 1 fully saturated rings. The van der Waals surface area contributed by atoms with Crippen LogP contribution in [0, 0.1) is 6.92 Å². The Bertz CT molecular complexity index is 1010. The van der Waals surface area contributed by atoms with Crippen LogP contribution in [0.4, 0.5) is 0 Å². The van der Waals surface area contributed by atoms with E-state index in [1.54, 1.807) is 17.0 Å². The summed E-state index contributed by atoms with van der Waals surface area (Å²) in [4.78, 5) is 30.7. The number of rotatable bonds is 8. The quantitative estimate of drug-likeness (QED) is 0.356. The van der Waals surface area contributed by atoms with Crippen molar-refractivity contribution in [3.8, 4) is 5.75 Å². The lowest BCUT2D eigenvalue weighted by Gasteiger charge is -2.27. The Morgan fingerprint density at radius 3 is 2.52 bits per heavy atom. The molecule has 1 aromatic heterocycles. The molecule has 1 aromatic carbocycles. The van der Waals surface area contributed by atoms with Crippen molar-refractivity contribution >= 4 is 40.4 Å². The minimum absolute atomic E-state index is 0.0938. The van der Waals surface area contributed by atoms with Gasteiger partial charge in [0.1, 0.15) is 11.5 Å². The van der Waals surface area contributed by atoms with E-state index < -0.39 is 17.7 Å². The number of likely N-dealkylation sites (tertiary alicyclic amines) is 1. The molecule has 166 valence electrons. The Kier molecular flexibility index (Phi) is 7.41. The molecule has 0 spiro atoms. The summed E-state index contributed by atoms with van der Waals surface area (Å²) in [6.07, 6.45) is 0. The Morgan fingerprint density at radius 2 is 1.97 bits per heavy atom. The number of Topliss-reactive ketones (excluding diaryl/α,β-unsaturated/α-hetero) is 1. The molecule has 1 atom stereocenters. The Balaban J connectivity index is 2.10. The fourth-order valence-electron chi connectivity index (χ4n) is 3.81. The van der Waals surface area contributed by atoms with Crippen LogP contribution in [0.25, 0.3) is 5.76 Å². The predicted molar refractivity (Wildman–Crippen MR) is 124 cm³/mol. The highest BCUT2D eigenvalue weighted by molar-refractivity contribution is 7.10. The first-order chi connectivity index (χ1) is 14.8. The number of ether oxygens (including phenoxy) is 1. The lowest BCUT2D eigenvalue weighted by atomic mass is 9.98. The van der Waals surface area contributed by atoms with Crippen molar-refractivity contribution in [3.63, 3.8) is 0 Å². The minimum atomic E-state index is -0.679. The summed E-state index contributed by atoms with van der Waals surface area (Å²) in [5.41, 5.74) is 1.44. The van der Waals surface area contributed by atoms with Gasteiger partial charge >= 0.3 is 0 Å². The predicted octanol–water partition coefficient (Wildman–Crippen LogP) is 4.48. The molecule has 0 aliphatic carbocycles. The molecule has 6 nitrogen and oxygen atoms in total. The zero-order chi connectivity index (χ0) is 22.7. The van der Waals surface area contributed by atoms with E-state index in [1.165, 1.54) is 24.5 Å². The van der Waals surface area contributed by atoms with E-state index in [1.807, 2.05) is 18.4 Å². The highest BCUT2D eigenvalue weighted by Crippen LogP contribution is 2.43. The number of amides is 1. The number of methoxy groups -OCH3 is 1. The second-order valence-electron chi connectivity index (χ2n) is 7.34. The van der Waals surface area contributed by atoms with E-state index in [0.717, 1.165) is 23.5 Å². The molecule has 1 saturated heterocycles. The molecular formula is C23H27ClN2O4S. The molecule has 0 saturated carbocycles. The number of thiophene rings is 1. The van der Waals surface area contributed by atoms with Gasteiger partial charge in [-0.15, -0.1) is 11.3 Å². The fourth-order valence-corrected chi connectivity index (χ4v) is 5.11. The molecule has 1 N–H and O–H groups in total. The number of benzene rings is 1. The average Bonchev–Trinajstić information content (AvgIpc) is 3.29. The first kappa shape index (κ1) is 23.3. The van der Waals surface area contributed by atoms with Gasteiger partial charge in [0.25, 0.3) is 11.7 Å². The number of carbonyl (C=O) groups excluding carboxylic acids is 2. The van der Waals surface area contributed by atoms with Gasteiger partial charge in [-0.2, -0.15) is 0 Å². The number of halogens is 1. The zero-order valence-corrected chi connectivity index (χ0v) is 19.7. The van der Waals surface area contributed by atoms with Crippen molar-refractivity contribution in [1.29, 1.82) is 0 Å². The highest BCUT2D eigenvalue weighted by Gasteiger charge is 2.46. The molecule has 0 bridgehead atoms. The summed E-state index contributed by atoms with van der Waals surface area (Å²) in [6.45, 7) is 8.82. The molecule has 8 heteroatoms. The number of aliphatic hydroxyl groups excluding tert-OH is 1. The van der Waals surface area contributed by atoms with Gasteiger partial charge in [0, 0.05) is 23.5 Å². The topological polar surface area (TPSA) is 70.1 Å². The third kappa shape index (κ3) is 4.49. The van der Waals surface area contributed by atoms with Gasteiger partial charge in [-0.25, -0.2) is 0 Å². The van der Waals surface area contributed by atoms with Gasteiger partial charge in [-0.05, 0) is 55.2 Å². The third-order valence-electron chi connectivity index (χ3n) is 5.67. The van der Waals surface area contributed by atoms with Gasteiger partial charge < -0.3 is 19.6 Å². The number of likely N-dealkylation sites (N-methyl/N-ethyl adjacent to an activating group) is 1. The van der Waals surface area contributed by atoms with Crippen LogP contribution < -0.4 is 4.74 Å². The first-order valence-electron chi connectivity index (χ1n) is 10.2. The van der Waals surface area contributed by atoms with E-state index in [4.69, 9.17) is 16.3 Å². The van der Waals surface area contributed by atoms with Gasteiger partial charge in [-0.1, -0.05) is 25.4 Å². The van der Waals surface area contributed by atoms with Crippen molar-refractivity contribution in [3.05, 3.63) is 56.2 Å². The number of aryl methyl sites for hydroxylation is 1. The lowest BCUT2D eigenvalue weighted by Crippen LogP contribution is -2.37. The summed E-state index contributed by atoms with van der Waals surface area (Å²) in [6, 6.07) is 6.11. The maximum absolute atomic E-state index is 13.1. The maximum atomic E-state index is 13.1. The Morgan fingerprint density at radius 1 is 1.26 bits per heavy atom. The van der Waals surface area contributed by atoms with E-state index in [9.17, 15) is 14.7 Å². The summed E-state index contributed by atoms with van der Waals surface area (Å²) in [5.74, 6) is -1.04. The zero-order valence-electron chi connectivity index (χ0n) is 18.1. The molecule has 2 aromatic rings. The molecular weight excluding hydrogens is 436 g/mol. The molecule has 3 rings (SSSR count). The first-order valence-corrected chi connectivity index (χ1v) is 11.5. The summed E-state index contributed by atoms with van der Waals surface area (Å²) >= 11 is 7.70. The van der Waals surface area contributed by atoms with Crippen molar-refractivity contribution in [2.24, 2.45) is 0 Å². The summed E-state index contributed by atoms with van der Waals surface area (Å²) in [5, 5.41) is 13.4. The SMILES string of the molecule is CCN(CC)CCN1C(=O)C(=O)/C(=C(\O)c2ccc(OC)c(Cl)c2)C1c1sccc1C. The van der Waals surface area contributed by atoms with Crippen molar-refractivity contribution in [2.45, 2.75) is 26.8 Å². The smallest absolute Gasteiger partial charge is 0.295 e. The second-order valence-corrected chi connectivity index (χ2v) is 8.69. The molecule has 1 aliphatic heterocycles. The fraction of sp³-hybridized carbons (Fsp3) is 0.391. The molecule has 2 heterocycles. The summed E-state index contributed by atoms with van der Waals surface area (Å²) in [7, 11) is 1.50. The second kappa shape index (κ2) is 9.85. The number of hydrogen-bond donors (Lipinski definition) is 1. The van der Waals surface area contributed by atoms with Crippen LogP contribution in [0.2, 0.25) is 5.02 Å². The molecule has 0 radical (unpaired) electrons. The van der Waals surface area contributed by atoms with Crippen molar-refractivity contribution < 1.29 is 19.4 Å². The standard InChI is InChI=1S/C23H27ClN2O4S/c1-5-25(6-2)10-11-26-19(22-14(3)9-12-31-22)18(21(28)23(26)29)20(27)15-7-8-17(30-4)16(24)13-15/h7-9,12-13,19,27H,5-6,10-11H2,1-4H3/b20-18-. The van der Waals surface area contributed by atoms with Crippen molar-refractivity contribution in [2.75, 3.05) is 33.3 Å². The lowest BCUT2D eigenvalue weighted by molar-refractivity contribution is -0.140. The number of ketones is 1. The van der Waals surface area contributed by atoms with E-state index in [-0.39, 0.29) is 11.3 Å². The van der Waals surface area contributed by atoms with Crippen LogP contribution >= 0.6 is 22.9 Å². The molecule has 1 unspecified atom stereocenters. The highest BCUT2D eigenvalue weighted by atomic mass is 35.5. The number of nitrogens with zero attached hydrogens (tertiary/aromatic N) is 2. The van der Waals surface area contributed by atoms with Crippen LogP contribution in [-0.2, 0) is 9.59 Å². The molecule has 1 amide bonds. The molecule has 1 aliphatic rings. The summed E-state index contributed by atoms with van der Waals surface area (Å²) < 4.78 is 5.17. The Labute approximate surface area is 191 Å².